The molecule has 1 aliphatic carbocycles. The number of benzene rings is 2. The molecule has 4 nitrogen and oxygen atoms in total. The van der Waals surface area contributed by atoms with Crippen LogP contribution in [0.1, 0.15) is 87.2 Å². The zero-order chi connectivity index (χ0) is 25.6. The number of hydrogen-bond donors (Lipinski definition) is 0. The summed E-state index contributed by atoms with van der Waals surface area (Å²) in [6.45, 7) is 14.4. The number of aryl methyl sites for hydroxylation is 3. The quantitative estimate of drug-likeness (QED) is 0.375. The molecule has 3 aromatic rings. The molecule has 5 rings (SSSR count). The van der Waals surface area contributed by atoms with E-state index in [9.17, 15) is 4.79 Å². The summed E-state index contributed by atoms with van der Waals surface area (Å²) < 4.78 is 7.42. The minimum absolute atomic E-state index is 0.309. The van der Waals surface area contributed by atoms with Gasteiger partial charge in [-0.05, 0) is 99.6 Å². The van der Waals surface area contributed by atoms with E-state index < -0.39 is 5.60 Å². The SMILES string of the molecule is CCc1ccc(C2C3CCCC[C@H]3CN2Cc2c(C)cc(C)c3c2ccn3C(=O)OC(C)(C)C)cc1. The number of fused-ring (bicyclic) bond motifs is 2. The minimum atomic E-state index is -0.526. The number of rotatable bonds is 4. The average molecular weight is 487 g/mol. The summed E-state index contributed by atoms with van der Waals surface area (Å²) in [4.78, 5) is 15.8. The van der Waals surface area contributed by atoms with E-state index in [1.807, 2.05) is 27.0 Å². The van der Waals surface area contributed by atoms with Crippen molar-refractivity contribution in [1.82, 2.24) is 9.47 Å². The third kappa shape index (κ3) is 4.72. The molecule has 0 spiro atoms. The summed E-state index contributed by atoms with van der Waals surface area (Å²) in [7, 11) is 0. The van der Waals surface area contributed by atoms with Crippen molar-refractivity contribution in [2.45, 2.75) is 91.8 Å². The van der Waals surface area contributed by atoms with Crippen LogP contribution in [0.3, 0.4) is 0 Å². The maximum absolute atomic E-state index is 13.0. The van der Waals surface area contributed by atoms with Gasteiger partial charge < -0.3 is 4.74 Å². The highest BCUT2D eigenvalue weighted by Crippen LogP contribution is 2.49. The molecular formula is C32H42N2O2. The van der Waals surface area contributed by atoms with E-state index in [4.69, 9.17) is 4.74 Å². The third-order valence-electron chi connectivity index (χ3n) is 8.41. The summed E-state index contributed by atoms with van der Waals surface area (Å²) in [6.07, 6.45) is 8.06. The Morgan fingerprint density at radius 3 is 2.44 bits per heavy atom. The predicted octanol–water partition coefficient (Wildman–Crippen LogP) is 7.97. The molecule has 3 atom stereocenters. The number of carbonyl (C=O) groups is 1. The van der Waals surface area contributed by atoms with Gasteiger partial charge in [0.1, 0.15) is 5.60 Å². The van der Waals surface area contributed by atoms with Crippen molar-refractivity contribution < 1.29 is 9.53 Å². The monoisotopic (exact) mass is 486 g/mol. The molecule has 0 N–H and O–H groups in total. The Kier molecular flexibility index (Phi) is 6.76. The lowest BCUT2D eigenvalue weighted by molar-refractivity contribution is 0.0544. The summed E-state index contributed by atoms with van der Waals surface area (Å²) in [5.41, 5.74) is 7.08. The average Bonchev–Trinajstić information content (AvgIpc) is 3.43. The first kappa shape index (κ1) is 25.1. The van der Waals surface area contributed by atoms with E-state index in [-0.39, 0.29) is 6.09 Å². The molecule has 2 fully saturated rings. The lowest BCUT2D eigenvalue weighted by Gasteiger charge is -2.32. The minimum Gasteiger partial charge on any atom is -0.443 e. The Hall–Kier alpha value is -2.59. The molecular weight excluding hydrogens is 444 g/mol. The van der Waals surface area contributed by atoms with Crippen LogP contribution in [-0.4, -0.2) is 27.7 Å². The largest absolute Gasteiger partial charge is 0.443 e. The smallest absolute Gasteiger partial charge is 0.418 e. The van der Waals surface area contributed by atoms with Crippen LogP contribution in [0.2, 0.25) is 0 Å². The summed E-state index contributed by atoms with van der Waals surface area (Å²) in [5.74, 6) is 1.51. The predicted molar refractivity (Wildman–Crippen MR) is 147 cm³/mol. The van der Waals surface area contributed by atoms with Gasteiger partial charge in [-0.25, -0.2) is 4.79 Å². The maximum Gasteiger partial charge on any atom is 0.418 e. The van der Waals surface area contributed by atoms with Gasteiger partial charge >= 0.3 is 6.09 Å². The molecule has 192 valence electrons. The lowest BCUT2D eigenvalue weighted by atomic mass is 9.77. The summed E-state index contributed by atoms with van der Waals surface area (Å²) in [5, 5.41) is 1.17. The van der Waals surface area contributed by atoms with E-state index in [2.05, 4.69) is 62.1 Å². The highest BCUT2D eigenvalue weighted by Gasteiger charge is 2.43. The van der Waals surface area contributed by atoms with Crippen molar-refractivity contribution in [3.63, 3.8) is 0 Å². The highest BCUT2D eigenvalue weighted by molar-refractivity contribution is 5.94. The van der Waals surface area contributed by atoms with Crippen LogP contribution < -0.4 is 0 Å². The third-order valence-corrected chi connectivity index (χ3v) is 8.41. The number of nitrogens with zero attached hydrogens (tertiary/aromatic N) is 2. The van der Waals surface area contributed by atoms with Crippen LogP contribution in [0, 0.1) is 25.7 Å². The van der Waals surface area contributed by atoms with Crippen LogP contribution in [0.25, 0.3) is 10.9 Å². The van der Waals surface area contributed by atoms with Gasteiger partial charge in [0.05, 0.1) is 5.52 Å². The van der Waals surface area contributed by atoms with Crippen molar-refractivity contribution in [1.29, 1.82) is 0 Å². The Labute approximate surface area is 216 Å². The fraction of sp³-hybridized carbons (Fsp3) is 0.531. The maximum atomic E-state index is 13.0. The van der Waals surface area contributed by atoms with Crippen LogP contribution in [0.5, 0.6) is 0 Å². The van der Waals surface area contributed by atoms with Gasteiger partial charge in [0.2, 0.25) is 0 Å². The molecule has 2 heterocycles. The van der Waals surface area contributed by atoms with Gasteiger partial charge in [-0.1, -0.05) is 50.1 Å². The molecule has 4 heteroatoms. The fourth-order valence-corrected chi connectivity index (χ4v) is 6.78. The fourth-order valence-electron chi connectivity index (χ4n) is 6.78. The molecule has 0 radical (unpaired) electrons. The van der Waals surface area contributed by atoms with Crippen molar-refractivity contribution in [3.05, 3.63) is 70.4 Å². The first-order valence-electron chi connectivity index (χ1n) is 13.8. The van der Waals surface area contributed by atoms with Crippen LogP contribution in [-0.2, 0) is 17.7 Å². The van der Waals surface area contributed by atoms with E-state index in [1.54, 1.807) is 4.57 Å². The van der Waals surface area contributed by atoms with Crippen LogP contribution in [0.15, 0.2) is 42.6 Å². The van der Waals surface area contributed by atoms with Crippen molar-refractivity contribution >= 4 is 17.0 Å². The topological polar surface area (TPSA) is 34.5 Å². The number of carbonyl (C=O) groups excluding carboxylic acids is 1. The highest BCUT2D eigenvalue weighted by atomic mass is 16.6. The first-order valence-corrected chi connectivity index (χ1v) is 13.8. The van der Waals surface area contributed by atoms with Crippen LogP contribution in [0.4, 0.5) is 4.79 Å². The number of ether oxygens (including phenoxy) is 1. The number of aromatic nitrogens is 1. The van der Waals surface area contributed by atoms with Gasteiger partial charge in [-0.2, -0.15) is 0 Å². The molecule has 2 unspecified atom stereocenters. The summed E-state index contributed by atoms with van der Waals surface area (Å²) >= 11 is 0. The van der Waals surface area contributed by atoms with Gasteiger partial charge in [0.25, 0.3) is 0 Å². The molecule has 1 aromatic heterocycles. The zero-order valence-corrected chi connectivity index (χ0v) is 22.9. The van der Waals surface area contributed by atoms with Gasteiger partial charge in [0.15, 0.2) is 0 Å². The second-order valence-electron chi connectivity index (χ2n) is 12.1. The van der Waals surface area contributed by atoms with E-state index in [1.165, 1.54) is 53.3 Å². The lowest BCUT2D eigenvalue weighted by Crippen LogP contribution is -2.27. The van der Waals surface area contributed by atoms with Crippen molar-refractivity contribution in [3.8, 4) is 0 Å². The Bertz CT molecular complexity index is 1250. The first-order chi connectivity index (χ1) is 17.2. The van der Waals surface area contributed by atoms with E-state index in [0.29, 0.717) is 6.04 Å². The summed E-state index contributed by atoms with van der Waals surface area (Å²) in [6, 6.07) is 14.2. The molecule has 2 aromatic carbocycles. The van der Waals surface area contributed by atoms with Crippen molar-refractivity contribution in [2.75, 3.05) is 6.54 Å². The Morgan fingerprint density at radius 1 is 1.03 bits per heavy atom. The molecule has 0 bridgehead atoms. The Balaban J connectivity index is 1.53. The molecule has 36 heavy (non-hydrogen) atoms. The number of hydrogen-bond acceptors (Lipinski definition) is 3. The normalized spacial score (nSPS) is 22.7. The molecule has 1 aliphatic heterocycles. The van der Waals surface area contributed by atoms with Crippen molar-refractivity contribution in [2.24, 2.45) is 11.8 Å². The van der Waals surface area contributed by atoms with E-state index in [0.717, 1.165) is 42.4 Å². The van der Waals surface area contributed by atoms with Gasteiger partial charge in [0, 0.05) is 30.7 Å². The standard InChI is InChI=1S/C32H42N2O2/c1-7-23-12-14-24(15-13-23)30-26-11-9-8-10-25(26)19-33(30)20-28-21(2)18-22(3)29-27(28)16-17-34(29)31(35)36-32(4,5)6/h12-18,25-26,30H,7-11,19-20H2,1-6H3/t25-,26?,30?/m0/s1. The molecule has 0 amide bonds. The molecule has 2 aliphatic rings. The second kappa shape index (κ2) is 9.70. The van der Waals surface area contributed by atoms with Gasteiger partial charge in [-0.15, -0.1) is 0 Å². The number of likely N-dealkylation sites (tertiary alicyclic amines) is 1. The van der Waals surface area contributed by atoms with Gasteiger partial charge in [-0.3, -0.25) is 9.47 Å². The zero-order valence-electron chi connectivity index (χ0n) is 22.9. The molecule has 1 saturated carbocycles. The van der Waals surface area contributed by atoms with E-state index >= 15 is 0 Å². The second-order valence-corrected chi connectivity index (χ2v) is 12.1. The Morgan fingerprint density at radius 2 is 1.75 bits per heavy atom. The molecule has 1 saturated heterocycles. The van der Waals surface area contributed by atoms with Crippen LogP contribution >= 0.6 is 0 Å².